The molecule has 3 saturated carbocycles. The molecule has 0 bridgehead atoms. The quantitative estimate of drug-likeness (QED) is 0.252. The van der Waals surface area contributed by atoms with Gasteiger partial charge in [-0.25, -0.2) is 4.79 Å². The molecule has 0 aromatic rings. The second kappa shape index (κ2) is 5.92. The van der Waals surface area contributed by atoms with Gasteiger partial charge in [0.2, 0.25) is 0 Å². The summed E-state index contributed by atoms with van der Waals surface area (Å²) >= 11 is 0. The van der Waals surface area contributed by atoms with Crippen molar-refractivity contribution in [3.8, 4) is 0 Å². The highest BCUT2D eigenvalue weighted by atomic mass is 32.2. The van der Waals surface area contributed by atoms with Gasteiger partial charge in [0.15, 0.2) is 11.2 Å². The zero-order valence-corrected chi connectivity index (χ0v) is 16.0. The lowest BCUT2D eigenvalue weighted by atomic mass is 9.52. The third-order valence-corrected chi connectivity index (χ3v) is 8.30. The van der Waals surface area contributed by atoms with Gasteiger partial charge in [-0.15, -0.1) is 0 Å². The van der Waals surface area contributed by atoms with Gasteiger partial charge in [0.05, 0.1) is 0 Å². The highest BCUT2D eigenvalue weighted by Gasteiger charge is 2.90. The number of alkyl halides is 6. The Morgan fingerprint density at radius 1 is 0.733 bits per heavy atom. The first kappa shape index (κ1) is 21.9. The predicted octanol–water partition coefficient (Wildman–Crippen LogP) is 1.93. The number of carbonyl (C=O) groups is 1. The molecular weight excluding hydrogens is 478 g/mol. The SMILES string of the molecule is O=C1O[C@]23[C@H](CC[C@H]2OS(=O)(=O)C(F)(F)F)[C@@H]2CC[C@H](OS(=O)(=O)C(F)(F)F)[C@@]23O1. The molecule has 0 unspecified atom stereocenters. The molecule has 0 amide bonds. The lowest BCUT2D eigenvalue weighted by Crippen LogP contribution is -2.77. The molecule has 0 aromatic carbocycles. The third-order valence-electron chi connectivity index (χ3n) is 6.19. The first-order valence-corrected chi connectivity index (χ1v) is 11.2. The van der Waals surface area contributed by atoms with Gasteiger partial charge in [-0.3, -0.25) is 8.37 Å². The van der Waals surface area contributed by atoms with E-state index in [4.69, 9.17) is 9.47 Å². The van der Waals surface area contributed by atoms with Crippen LogP contribution in [0.3, 0.4) is 0 Å². The van der Waals surface area contributed by atoms with Gasteiger partial charge in [0, 0.05) is 11.8 Å². The van der Waals surface area contributed by atoms with E-state index in [0.29, 0.717) is 0 Å². The molecule has 0 radical (unpaired) electrons. The van der Waals surface area contributed by atoms with Crippen molar-refractivity contribution >= 4 is 26.4 Å². The van der Waals surface area contributed by atoms with E-state index in [1.54, 1.807) is 0 Å². The van der Waals surface area contributed by atoms with Crippen LogP contribution in [0.1, 0.15) is 25.7 Å². The molecule has 4 fully saturated rings. The summed E-state index contributed by atoms with van der Waals surface area (Å²) in [5.41, 5.74) is -16.1. The van der Waals surface area contributed by atoms with Crippen molar-refractivity contribution in [2.75, 3.05) is 0 Å². The molecule has 9 nitrogen and oxygen atoms in total. The van der Waals surface area contributed by atoms with Crippen LogP contribution < -0.4 is 0 Å². The summed E-state index contributed by atoms with van der Waals surface area (Å²) in [6.45, 7) is 0. The molecule has 0 N–H and O–H groups in total. The molecule has 6 atom stereocenters. The first-order chi connectivity index (χ1) is 13.5. The summed E-state index contributed by atoms with van der Waals surface area (Å²) in [7, 11) is -12.3. The molecule has 1 heterocycles. The second-order valence-corrected chi connectivity index (χ2v) is 10.5. The number of halogens is 6. The van der Waals surface area contributed by atoms with Crippen molar-refractivity contribution in [3.05, 3.63) is 0 Å². The van der Waals surface area contributed by atoms with E-state index in [1.165, 1.54) is 0 Å². The number of hydrogen-bond acceptors (Lipinski definition) is 9. The molecule has 1 saturated heterocycles. The van der Waals surface area contributed by atoms with Crippen LogP contribution >= 0.6 is 0 Å². The van der Waals surface area contributed by atoms with Crippen LogP contribution in [0, 0.1) is 11.8 Å². The van der Waals surface area contributed by atoms with E-state index < -0.39 is 72.7 Å². The predicted molar refractivity (Wildman–Crippen MR) is 78.2 cm³/mol. The Kier molecular flexibility index (Phi) is 4.32. The molecule has 2 spiro atoms. The molecule has 1 aliphatic heterocycles. The molecule has 172 valence electrons. The number of hydrogen-bond donors (Lipinski definition) is 0. The normalized spacial score (nSPS) is 40.8. The van der Waals surface area contributed by atoms with Gasteiger partial charge in [-0.1, -0.05) is 0 Å². The van der Waals surface area contributed by atoms with Gasteiger partial charge in [0.1, 0.15) is 12.2 Å². The smallest absolute Gasteiger partial charge is 0.420 e. The maximum atomic E-state index is 12.8. The second-order valence-electron chi connectivity index (χ2n) is 7.38. The number of rotatable bonds is 4. The van der Waals surface area contributed by atoms with Crippen LogP contribution in [0.4, 0.5) is 31.1 Å². The topological polar surface area (TPSA) is 122 Å². The highest BCUT2D eigenvalue weighted by molar-refractivity contribution is 7.87. The number of fused-ring (bicyclic) bond motifs is 1. The van der Waals surface area contributed by atoms with Gasteiger partial charge < -0.3 is 9.47 Å². The fourth-order valence-corrected chi connectivity index (χ4v) is 6.69. The molecule has 17 heteroatoms. The Hall–Kier alpha value is -1.33. The van der Waals surface area contributed by atoms with Crippen molar-refractivity contribution in [3.63, 3.8) is 0 Å². The zero-order valence-electron chi connectivity index (χ0n) is 14.4. The highest BCUT2D eigenvalue weighted by Crippen LogP contribution is 2.73. The van der Waals surface area contributed by atoms with Crippen LogP contribution in [0.25, 0.3) is 0 Å². The van der Waals surface area contributed by atoms with Crippen molar-refractivity contribution in [2.24, 2.45) is 11.8 Å². The van der Waals surface area contributed by atoms with Crippen LogP contribution in [-0.4, -0.2) is 57.4 Å². The van der Waals surface area contributed by atoms with E-state index in [2.05, 4.69) is 8.37 Å². The summed E-state index contributed by atoms with van der Waals surface area (Å²) in [5, 5.41) is 0. The minimum atomic E-state index is -6.16. The monoisotopic (exact) mass is 490 g/mol. The Bertz CT molecular complexity index is 912. The fraction of sp³-hybridized carbons (Fsp3) is 0.923. The summed E-state index contributed by atoms with van der Waals surface area (Å²) in [4.78, 5) is 11.9. The van der Waals surface area contributed by atoms with Crippen LogP contribution in [0.15, 0.2) is 0 Å². The van der Waals surface area contributed by atoms with Crippen LogP contribution in [0.2, 0.25) is 0 Å². The average molecular weight is 490 g/mol. The number of ether oxygens (including phenoxy) is 2. The minimum Gasteiger partial charge on any atom is -0.420 e. The average Bonchev–Trinajstić information content (AvgIpc) is 3.10. The van der Waals surface area contributed by atoms with Crippen LogP contribution in [0.5, 0.6) is 0 Å². The fourth-order valence-electron chi connectivity index (χ4n) is 5.38. The minimum absolute atomic E-state index is 0.0137. The van der Waals surface area contributed by atoms with Gasteiger partial charge in [-0.2, -0.15) is 43.2 Å². The molecule has 4 aliphatic rings. The molecular formula is C13H12F6O9S2. The van der Waals surface area contributed by atoms with Gasteiger partial charge in [0.25, 0.3) is 0 Å². The Morgan fingerprint density at radius 2 is 1.07 bits per heavy atom. The van der Waals surface area contributed by atoms with E-state index in [1.807, 2.05) is 0 Å². The van der Waals surface area contributed by atoms with Crippen molar-refractivity contribution in [2.45, 2.75) is 60.1 Å². The van der Waals surface area contributed by atoms with E-state index in [9.17, 15) is 48.0 Å². The van der Waals surface area contributed by atoms with Gasteiger partial charge in [-0.05, 0) is 25.7 Å². The standard InChI is InChI=1S/C13H12F6O9S2/c14-12(15,16)29(21,22)27-7-3-1-5-6-2-4-8(28-30(23,24)13(17,18)19)11(6)10(5,7)25-9(20)26-11/h5-8H,1-4H2/t5-,6+,7-,8+,10-,11+. The summed E-state index contributed by atoms with van der Waals surface area (Å²) in [6.07, 6.45) is -6.08. The largest absolute Gasteiger partial charge is 0.523 e. The summed E-state index contributed by atoms with van der Waals surface area (Å²) in [6, 6.07) is 0. The van der Waals surface area contributed by atoms with E-state index >= 15 is 0 Å². The third kappa shape index (κ3) is 2.51. The van der Waals surface area contributed by atoms with Crippen LogP contribution in [-0.2, 0) is 38.1 Å². The first-order valence-electron chi connectivity index (χ1n) is 8.41. The summed E-state index contributed by atoms with van der Waals surface area (Å²) < 4.78 is 141. The molecule has 3 aliphatic carbocycles. The van der Waals surface area contributed by atoms with Gasteiger partial charge >= 0.3 is 37.4 Å². The lowest BCUT2D eigenvalue weighted by Gasteiger charge is -2.58. The summed E-state index contributed by atoms with van der Waals surface area (Å²) in [5.74, 6) is -1.61. The van der Waals surface area contributed by atoms with E-state index in [-0.39, 0.29) is 25.7 Å². The van der Waals surface area contributed by atoms with Crippen molar-refractivity contribution < 1.29 is 65.8 Å². The van der Waals surface area contributed by atoms with E-state index in [0.717, 1.165) is 0 Å². The van der Waals surface area contributed by atoms with Crippen molar-refractivity contribution in [1.29, 1.82) is 0 Å². The Balaban J connectivity index is 1.73. The Labute approximate surface area is 164 Å². The molecule has 4 rings (SSSR count). The maximum absolute atomic E-state index is 12.8. The zero-order chi connectivity index (χ0) is 22.5. The molecule has 0 aromatic heterocycles. The number of carbonyl (C=O) groups excluding carboxylic acids is 1. The Morgan fingerprint density at radius 3 is 1.37 bits per heavy atom. The van der Waals surface area contributed by atoms with Crippen molar-refractivity contribution in [1.82, 2.24) is 0 Å². The lowest BCUT2D eigenvalue weighted by molar-refractivity contribution is -0.257. The molecule has 30 heavy (non-hydrogen) atoms. The maximum Gasteiger partial charge on any atom is 0.523 e.